The molecule has 2 aromatic heterocycles. The fourth-order valence-corrected chi connectivity index (χ4v) is 8.82. The Labute approximate surface area is 263 Å². The molecule has 0 radical (unpaired) electrons. The van der Waals surface area contributed by atoms with E-state index in [2.05, 4.69) is 24.9 Å². The van der Waals surface area contributed by atoms with Crippen LogP contribution in [0.3, 0.4) is 0 Å². The number of hydrogen-bond donors (Lipinski definition) is 1. The van der Waals surface area contributed by atoms with Crippen LogP contribution in [0, 0.1) is 5.92 Å². The van der Waals surface area contributed by atoms with Crippen molar-refractivity contribution in [3.8, 4) is 11.1 Å². The Morgan fingerprint density at radius 2 is 1.84 bits per heavy atom. The van der Waals surface area contributed by atoms with Crippen LogP contribution in [0.4, 0.5) is 20.3 Å². The van der Waals surface area contributed by atoms with Crippen molar-refractivity contribution in [1.29, 1.82) is 0 Å². The average Bonchev–Trinajstić information content (AvgIpc) is 3.63. The second kappa shape index (κ2) is 11.5. The Morgan fingerprint density at radius 1 is 1.07 bits per heavy atom. The summed E-state index contributed by atoms with van der Waals surface area (Å²) in [5, 5.41) is 13.2. The fourth-order valence-electron chi connectivity index (χ4n) is 8.82. The molecule has 1 saturated carbocycles. The van der Waals surface area contributed by atoms with Gasteiger partial charge in [0.25, 0.3) is 6.43 Å². The Hall–Kier alpha value is -3.31. The van der Waals surface area contributed by atoms with Crippen LogP contribution >= 0.6 is 0 Å². The number of anilines is 2. The van der Waals surface area contributed by atoms with E-state index in [1.807, 2.05) is 11.0 Å². The highest BCUT2D eigenvalue weighted by Gasteiger charge is 2.39. The van der Waals surface area contributed by atoms with Gasteiger partial charge in [-0.15, -0.1) is 0 Å². The second-order valence-electron chi connectivity index (χ2n) is 14.1. The summed E-state index contributed by atoms with van der Waals surface area (Å²) in [6.45, 7) is 6.90. The summed E-state index contributed by atoms with van der Waals surface area (Å²) in [6, 6.07) is 5.42. The van der Waals surface area contributed by atoms with Crippen molar-refractivity contribution in [3.63, 3.8) is 0 Å². The van der Waals surface area contributed by atoms with Gasteiger partial charge in [-0.25, -0.2) is 8.78 Å². The maximum absolute atomic E-state index is 14.6. The van der Waals surface area contributed by atoms with Gasteiger partial charge in [0.2, 0.25) is 5.91 Å². The molecule has 3 aromatic rings. The summed E-state index contributed by atoms with van der Waals surface area (Å²) in [5.74, 6) is 1.70. The first-order chi connectivity index (χ1) is 21.8. The van der Waals surface area contributed by atoms with Crippen LogP contribution in [-0.4, -0.2) is 80.1 Å². The number of hydrogen-bond acceptors (Lipinski definition) is 6. The Bertz CT molecular complexity index is 1570. The van der Waals surface area contributed by atoms with E-state index in [0.29, 0.717) is 36.8 Å². The number of carbonyl (C=O) groups excluding carboxylic acids is 1. The topological polar surface area (TPSA) is 74.5 Å². The predicted molar refractivity (Wildman–Crippen MR) is 169 cm³/mol. The van der Waals surface area contributed by atoms with E-state index in [4.69, 9.17) is 5.10 Å². The van der Waals surface area contributed by atoms with Crippen LogP contribution in [0.5, 0.6) is 0 Å². The van der Waals surface area contributed by atoms with Crippen molar-refractivity contribution in [1.82, 2.24) is 34.7 Å². The first-order valence-corrected chi connectivity index (χ1v) is 16.9. The molecule has 0 spiro atoms. The van der Waals surface area contributed by atoms with Crippen LogP contribution in [0.2, 0.25) is 0 Å². The van der Waals surface area contributed by atoms with Crippen molar-refractivity contribution in [3.05, 3.63) is 46.9 Å². The van der Waals surface area contributed by atoms with E-state index in [0.717, 1.165) is 85.8 Å². The summed E-state index contributed by atoms with van der Waals surface area (Å²) >= 11 is 0. The number of piperidine rings is 2. The number of likely N-dealkylation sites (tertiary alicyclic amines) is 1. The second-order valence-corrected chi connectivity index (χ2v) is 14.1. The monoisotopic (exact) mass is 618 g/mol. The van der Waals surface area contributed by atoms with Crippen molar-refractivity contribution in [2.45, 2.75) is 89.4 Å². The molecule has 5 aliphatic heterocycles. The number of benzene rings is 1. The number of carbonyl (C=O) groups is 1. The van der Waals surface area contributed by atoms with Gasteiger partial charge < -0.3 is 20.0 Å². The molecule has 1 amide bonds. The standard InChI is InChI=1S/C34H44F2N8O/c1-21(45)42-11-7-31-30(20-42)34(39-44(31)27-5-9-41(10-6-27)18-22-12-25-15-26(13-22)38-25)43-8-3-4-23-14-28(24-17-37-40(2)19-24)29(33(35)36)16-32(23)43/h14,16-17,19,22,25-27,33,38H,3-13,15,18,20H2,1-2H3. The molecule has 1 aliphatic carbocycles. The van der Waals surface area contributed by atoms with Gasteiger partial charge in [0.05, 0.1) is 18.8 Å². The molecule has 2 bridgehead atoms. The van der Waals surface area contributed by atoms with E-state index < -0.39 is 6.43 Å². The summed E-state index contributed by atoms with van der Waals surface area (Å²) in [6.07, 6.45) is 9.43. The van der Waals surface area contributed by atoms with E-state index in [1.165, 1.54) is 31.5 Å². The van der Waals surface area contributed by atoms with Gasteiger partial charge in [-0.3, -0.25) is 14.2 Å². The number of aromatic nitrogens is 4. The molecule has 9 rings (SSSR count). The molecule has 1 N–H and O–H groups in total. The molecule has 1 aromatic carbocycles. The van der Waals surface area contributed by atoms with Gasteiger partial charge in [0.1, 0.15) is 0 Å². The molecule has 4 fully saturated rings. The largest absolute Gasteiger partial charge is 0.338 e. The van der Waals surface area contributed by atoms with Gasteiger partial charge in [-0.1, -0.05) is 0 Å². The molecular weight excluding hydrogens is 574 g/mol. The van der Waals surface area contributed by atoms with Crippen LogP contribution in [-0.2, 0) is 31.2 Å². The van der Waals surface area contributed by atoms with Crippen LogP contribution < -0.4 is 10.2 Å². The minimum Gasteiger partial charge on any atom is -0.338 e. The SMILES string of the molecule is CC(=O)N1CCc2c(c(N3CCCc4cc(-c5cnn(C)c5)c(C(F)F)cc43)nn2C2CCN(CC3CC4CC(C3)N4)CC2)C1. The molecule has 7 heterocycles. The van der Waals surface area contributed by atoms with Gasteiger partial charge in [0.15, 0.2) is 5.82 Å². The predicted octanol–water partition coefficient (Wildman–Crippen LogP) is 4.99. The lowest BCUT2D eigenvalue weighted by molar-refractivity contribution is -0.129. The first-order valence-electron chi connectivity index (χ1n) is 16.9. The third kappa shape index (κ3) is 5.35. The molecule has 2 unspecified atom stereocenters. The van der Waals surface area contributed by atoms with Gasteiger partial charge in [0, 0.05) is 99.5 Å². The van der Waals surface area contributed by atoms with Crippen LogP contribution in [0.15, 0.2) is 24.5 Å². The highest BCUT2D eigenvalue weighted by molar-refractivity contribution is 5.78. The van der Waals surface area contributed by atoms with Gasteiger partial charge >= 0.3 is 0 Å². The number of nitrogens with one attached hydrogen (secondary N) is 1. The lowest BCUT2D eigenvalue weighted by Gasteiger charge is -2.48. The average molecular weight is 619 g/mol. The van der Waals surface area contributed by atoms with Gasteiger partial charge in [-0.05, 0) is 74.1 Å². The quantitative estimate of drug-likeness (QED) is 0.420. The fraction of sp³-hybridized carbons (Fsp3) is 0.618. The summed E-state index contributed by atoms with van der Waals surface area (Å²) in [7, 11) is 1.80. The van der Waals surface area contributed by atoms with Crippen molar-refractivity contribution < 1.29 is 13.6 Å². The molecule has 6 aliphatic rings. The van der Waals surface area contributed by atoms with Crippen molar-refractivity contribution >= 4 is 17.4 Å². The molecule has 11 heteroatoms. The Morgan fingerprint density at radius 3 is 2.53 bits per heavy atom. The zero-order valence-electron chi connectivity index (χ0n) is 26.4. The number of halogens is 2. The number of aryl methyl sites for hydroxylation is 2. The van der Waals surface area contributed by atoms with Crippen molar-refractivity contribution in [2.24, 2.45) is 13.0 Å². The smallest absolute Gasteiger partial charge is 0.264 e. The third-order valence-corrected chi connectivity index (χ3v) is 11.1. The number of rotatable bonds is 6. The molecule has 45 heavy (non-hydrogen) atoms. The molecule has 240 valence electrons. The first kappa shape index (κ1) is 29.1. The van der Waals surface area contributed by atoms with E-state index in [-0.39, 0.29) is 11.5 Å². The summed E-state index contributed by atoms with van der Waals surface area (Å²) in [4.78, 5) is 19.2. The lowest BCUT2D eigenvalue weighted by atomic mass is 9.75. The lowest BCUT2D eigenvalue weighted by Crippen LogP contribution is -2.59. The summed E-state index contributed by atoms with van der Waals surface area (Å²) in [5.41, 5.74) is 5.42. The Balaban J connectivity index is 1.10. The maximum atomic E-state index is 14.6. The highest BCUT2D eigenvalue weighted by atomic mass is 19.3. The van der Waals surface area contributed by atoms with Crippen LogP contribution in [0.1, 0.15) is 80.3 Å². The number of alkyl halides is 2. The molecule has 9 nitrogen and oxygen atoms in total. The summed E-state index contributed by atoms with van der Waals surface area (Å²) < 4.78 is 33.0. The zero-order valence-corrected chi connectivity index (χ0v) is 26.4. The third-order valence-electron chi connectivity index (χ3n) is 11.1. The van der Waals surface area contributed by atoms with Gasteiger partial charge in [-0.2, -0.15) is 10.2 Å². The minimum absolute atomic E-state index is 0.0192. The number of fused-ring (bicyclic) bond motifs is 4. The van der Waals surface area contributed by atoms with E-state index in [1.54, 1.807) is 37.1 Å². The Kier molecular flexibility index (Phi) is 7.43. The molecule has 3 saturated heterocycles. The maximum Gasteiger partial charge on any atom is 0.264 e. The van der Waals surface area contributed by atoms with Crippen LogP contribution in [0.25, 0.3) is 11.1 Å². The zero-order chi connectivity index (χ0) is 30.8. The van der Waals surface area contributed by atoms with E-state index in [9.17, 15) is 13.6 Å². The molecular formula is C34H44F2N8O. The normalized spacial score (nSPS) is 25.3. The van der Waals surface area contributed by atoms with E-state index >= 15 is 0 Å². The van der Waals surface area contributed by atoms with Crippen molar-refractivity contribution in [2.75, 3.05) is 37.6 Å². The minimum atomic E-state index is -2.62. The highest BCUT2D eigenvalue weighted by Crippen LogP contribution is 2.44. The number of nitrogens with zero attached hydrogens (tertiary/aromatic N) is 7. The molecule has 2 atom stereocenters. The number of amides is 1.